The Labute approximate surface area is 185 Å². The topological polar surface area (TPSA) is 108 Å². The number of aromatic nitrogens is 4. The molecule has 2 saturated heterocycles. The number of nitrogens with one attached hydrogen (secondary N) is 2. The van der Waals surface area contributed by atoms with Crippen LogP contribution in [-0.2, 0) is 4.74 Å². The molecule has 0 bridgehead atoms. The van der Waals surface area contributed by atoms with Gasteiger partial charge in [-0.25, -0.2) is 9.78 Å². The maximum atomic E-state index is 12.7. The van der Waals surface area contributed by atoms with E-state index in [1.54, 1.807) is 13.3 Å². The molecule has 168 valence electrons. The van der Waals surface area contributed by atoms with E-state index in [9.17, 15) is 4.79 Å². The van der Waals surface area contributed by atoms with Crippen molar-refractivity contribution < 1.29 is 14.3 Å². The van der Waals surface area contributed by atoms with Gasteiger partial charge in [-0.15, -0.1) is 0 Å². The summed E-state index contributed by atoms with van der Waals surface area (Å²) in [4.78, 5) is 25.6. The summed E-state index contributed by atoms with van der Waals surface area (Å²) in [6, 6.07) is 8.11. The molecule has 0 saturated carbocycles. The van der Waals surface area contributed by atoms with Gasteiger partial charge in [0.2, 0.25) is 5.95 Å². The maximum absolute atomic E-state index is 12.7. The molecule has 10 heteroatoms. The number of fused-ring (bicyclic) bond motifs is 1. The highest BCUT2D eigenvalue weighted by Gasteiger charge is 2.27. The molecule has 2 aliphatic heterocycles. The quantitative estimate of drug-likeness (QED) is 0.645. The molecular formula is C22H27N7O3. The van der Waals surface area contributed by atoms with E-state index in [-0.39, 0.29) is 12.1 Å². The number of rotatable bonds is 4. The van der Waals surface area contributed by atoms with Crippen LogP contribution >= 0.6 is 0 Å². The van der Waals surface area contributed by atoms with E-state index in [4.69, 9.17) is 9.47 Å². The lowest BCUT2D eigenvalue weighted by atomic mass is 10.1. The minimum absolute atomic E-state index is 0.116. The molecule has 0 atom stereocenters. The average molecular weight is 438 g/mol. The number of urea groups is 1. The fraction of sp³-hybridized carbons (Fsp3) is 0.455. The number of hydrogen-bond donors (Lipinski definition) is 2. The van der Waals surface area contributed by atoms with E-state index in [1.807, 2.05) is 34.1 Å². The Hall–Kier alpha value is -3.40. The van der Waals surface area contributed by atoms with Gasteiger partial charge in [0.05, 0.1) is 31.4 Å². The number of nitrogens with zero attached hydrogens (tertiary/aromatic N) is 5. The summed E-state index contributed by atoms with van der Waals surface area (Å²) in [6.07, 6.45) is 3.49. The second kappa shape index (κ2) is 8.99. The molecule has 2 N–H and O–H groups in total. The van der Waals surface area contributed by atoms with Crippen molar-refractivity contribution in [2.45, 2.75) is 18.9 Å². The number of hydrogen-bond acceptors (Lipinski definition) is 7. The van der Waals surface area contributed by atoms with Crippen molar-refractivity contribution in [3.05, 3.63) is 30.5 Å². The van der Waals surface area contributed by atoms with Crippen molar-refractivity contribution in [3.8, 4) is 17.0 Å². The lowest BCUT2D eigenvalue weighted by Crippen LogP contribution is -2.51. The molecule has 3 aromatic rings. The Kier molecular flexibility index (Phi) is 5.76. The van der Waals surface area contributed by atoms with Gasteiger partial charge in [-0.05, 0) is 25.0 Å². The number of piperidine rings is 1. The molecule has 5 rings (SSSR count). The molecule has 2 fully saturated rings. The highest BCUT2D eigenvalue weighted by atomic mass is 16.5. The highest BCUT2D eigenvalue weighted by molar-refractivity contribution is 5.92. The van der Waals surface area contributed by atoms with E-state index in [1.165, 1.54) is 0 Å². The number of anilines is 1. The number of para-hydroxylation sites is 1. The molecule has 0 radical (unpaired) electrons. The van der Waals surface area contributed by atoms with E-state index < -0.39 is 0 Å². The van der Waals surface area contributed by atoms with E-state index in [0.29, 0.717) is 37.9 Å². The molecule has 2 aliphatic rings. The third-order valence-electron chi connectivity index (χ3n) is 6.07. The molecule has 0 spiro atoms. The molecule has 1 aromatic carbocycles. The summed E-state index contributed by atoms with van der Waals surface area (Å²) in [5.41, 5.74) is 2.35. The van der Waals surface area contributed by atoms with Crippen LogP contribution in [0.3, 0.4) is 0 Å². The molecule has 4 heterocycles. The van der Waals surface area contributed by atoms with Gasteiger partial charge < -0.3 is 24.6 Å². The molecule has 2 amide bonds. The molecule has 32 heavy (non-hydrogen) atoms. The second-order valence-electron chi connectivity index (χ2n) is 8.02. The molecule has 2 aromatic heterocycles. The summed E-state index contributed by atoms with van der Waals surface area (Å²) in [6.45, 7) is 4.02. The van der Waals surface area contributed by atoms with Crippen molar-refractivity contribution in [2.75, 3.05) is 51.8 Å². The summed E-state index contributed by atoms with van der Waals surface area (Å²) in [5.74, 6) is 1.31. The van der Waals surface area contributed by atoms with E-state index >= 15 is 0 Å². The lowest BCUT2D eigenvalue weighted by molar-refractivity contribution is 0.0414. The highest BCUT2D eigenvalue weighted by Crippen LogP contribution is 2.32. The van der Waals surface area contributed by atoms with Crippen LogP contribution in [0.15, 0.2) is 30.5 Å². The van der Waals surface area contributed by atoms with Crippen LogP contribution in [0.2, 0.25) is 0 Å². The lowest BCUT2D eigenvalue weighted by Gasteiger charge is -2.37. The van der Waals surface area contributed by atoms with Crippen molar-refractivity contribution in [1.29, 1.82) is 0 Å². The molecule has 0 aliphatic carbocycles. The van der Waals surface area contributed by atoms with Gasteiger partial charge in [-0.2, -0.15) is 10.1 Å². The van der Waals surface area contributed by atoms with Crippen LogP contribution in [0.4, 0.5) is 10.7 Å². The number of aromatic amines is 1. The number of ether oxygens (including phenoxy) is 2. The molecule has 10 nitrogen and oxygen atoms in total. The Balaban J connectivity index is 1.23. The Bertz CT molecular complexity index is 1090. The predicted octanol–water partition coefficient (Wildman–Crippen LogP) is 2.36. The zero-order valence-electron chi connectivity index (χ0n) is 18.1. The largest absolute Gasteiger partial charge is 0.496 e. The Morgan fingerprint density at radius 2 is 1.91 bits per heavy atom. The Morgan fingerprint density at radius 3 is 2.69 bits per heavy atom. The van der Waals surface area contributed by atoms with Gasteiger partial charge >= 0.3 is 6.03 Å². The molecular weight excluding hydrogens is 410 g/mol. The number of H-pyrrole nitrogens is 1. The first-order chi connectivity index (χ1) is 15.7. The monoisotopic (exact) mass is 437 g/mol. The van der Waals surface area contributed by atoms with Crippen LogP contribution in [0.25, 0.3) is 22.3 Å². The van der Waals surface area contributed by atoms with Gasteiger partial charge in [0.25, 0.3) is 0 Å². The summed E-state index contributed by atoms with van der Waals surface area (Å²) >= 11 is 0. The van der Waals surface area contributed by atoms with Crippen LogP contribution in [0.1, 0.15) is 12.8 Å². The first-order valence-electron chi connectivity index (χ1n) is 11.0. The predicted molar refractivity (Wildman–Crippen MR) is 120 cm³/mol. The van der Waals surface area contributed by atoms with Gasteiger partial charge in [-0.3, -0.25) is 5.10 Å². The standard InChI is InChI=1S/C22H27N7O3/c1-31-18-5-3-2-4-16(18)19-17-14-23-21(25-20(17)27-26-19)24-15-6-8-28(9-7-15)22(30)29-10-12-32-13-11-29/h2-5,14-15H,6-13H2,1H3,(H2,23,24,25,26,27). The third-order valence-corrected chi connectivity index (χ3v) is 6.07. The average Bonchev–Trinajstić information content (AvgIpc) is 3.27. The first kappa shape index (κ1) is 20.5. The number of carbonyl (C=O) groups excluding carboxylic acids is 1. The van der Waals surface area contributed by atoms with E-state index in [2.05, 4.69) is 25.5 Å². The zero-order valence-corrected chi connectivity index (χ0v) is 18.1. The summed E-state index contributed by atoms with van der Waals surface area (Å²) in [7, 11) is 1.65. The summed E-state index contributed by atoms with van der Waals surface area (Å²) < 4.78 is 10.8. The number of morpholine rings is 1. The number of methoxy groups -OCH3 is 1. The van der Waals surface area contributed by atoms with Gasteiger partial charge in [0, 0.05) is 44.0 Å². The number of amides is 2. The van der Waals surface area contributed by atoms with Crippen molar-refractivity contribution in [1.82, 2.24) is 30.0 Å². The minimum Gasteiger partial charge on any atom is -0.496 e. The second-order valence-corrected chi connectivity index (χ2v) is 8.02. The van der Waals surface area contributed by atoms with Gasteiger partial charge in [0.1, 0.15) is 5.75 Å². The van der Waals surface area contributed by atoms with E-state index in [0.717, 1.165) is 48.3 Å². The smallest absolute Gasteiger partial charge is 0.320 e. The third kappa shape index (κ3) is 4.05. The zero-order chi connectivity index (χ0) is 21.9. The van der Waals surface area contributed by atoms with Crippen LogP contribution in [0, 0.1) is 0 Å². The van der Waals surface area contributed by atoms with Gasteiger partial charge in [0.15, 0.2) is 5.65 Å². The van der Waals surface area contributed by atoms with Crippen molar-refractivity contribution >= 4 is 23.0 Å². The fourth-order valence-corrected chi connectivity index (χ4v) is 4.28. The van der Waals surface area contributed by atoms with Crippen LogP contribution < -0.4 is 10.1 Å². The van der Waals surface area contributed by atoms with Crippen molar-refractivity contribution in [3.63, 3.8) is 0 Å². The maximum Gasteiger partial charge on any atom is 0.320 e. The normalized spacial score (nSPS) is 17.5. The minimum atomic E-state index is 0.116. The SMILES string of the molecule is COc1ccccc1-c1[nH]nc2nc(NC3CCN(C(=O)N4CCOCC4)CC3)ncc12. The Morgan fingerprint density at radius 1 is 1.16 bits per heavy atom. The number of benzene rings is 1. The fourth-order valence-electron chi connectivity index (χ4n) is 4.28. The number of likely N-dealkylation sites (tertiary alicyclic amines) is 1. The first-order valence-corrected chi connectivity index (χ1v) is 11.0. The van der Waals surface area contributed by atoms with Gasteiger partial charge in [-0.1, -0.05) is 12.1 Å². The van der Waals surface area contributed by atoms with Crippen LogP contribution in [0.5, 0.6) is 5.75 Å². The van der Waals surface area contributed by atoms with Crippen LogP contribution in [-0.4, -0.2) is 88.5 Å². The summed E-state index contributed by atoms with van der Waals surface area (Å²) in [5, 5.41) is 11.7. The number of carbonyl (C=O) groups is 1. The van der Waals surface area contributed by atoms with Crippen molar-refractivity contribution in [2.24, 2.45) is 0 Å². The molecule has 0 unspecified atom stereocenters.